The lowest BCUT2D eigenvalue weighted by atomic mass is 10.0. The van der Waals surface area contributed by atoms with E-state index in [0.29, 0.717) is 22.6 Å². The summed E-state index contributed by atoms with van der Waals surface area (Å²) in [6.07, 6.45) is 2.97. The van der Waals surface area contributed by atoms with Crippen molar-refractivity contribution in [3.8, 4) is 5.75 Å². The Hall–Kier alpha value is -2.21. The molecule has 0 fully saturated rings. The lowest BCUT2D eigenvalue weighted by molar-refractivity contribution is -0.136. The maximum Gasteiger partial charge on any atom is 0.354 e. The summed E-state index contributed by atoms with van der Waals surface area (Å²) in [4.78, 5) is 15.5. The van der Waals surface area contributed by atoms with Crippen molar-refractivity contribution in [3.63, 3.8) is 0 Å². The second kappa shape index (κ2) is 6.81. The molecule has 0 bridgehead atoms. The van der Waals surface area contributed by atoms with Crippen LogP contribution in [0, 0.1) is 0 Å². The summed E-state index contributed by atoms with van der Waals surface area (Å²) in [7, 11) is 2.71. The molecule has 0 atom stereocenters. The number of rotatable bonds is 4. The molecule has 0 aliphatic rings. The molecule has 1 aromatic rings. The number of hydrogen-bond donors (Lipinski definition) is 2. The molecule has 20 heavy (non-hydrogen) atoms. The third-order valence-electron chi connectivity index (χ3n) is 2.41. The Morgan fingerprint density at radius 3 is 2.55 bits per heavy atom. The predicted octanol–water partition coefficient (Wildman–Crippen LogP) is 1.45. The zero-order chi connectivity index (χ0) is 15.3. The van der Waals surface area contributed by atoms with Gasteiger partial charge in [-0.05, 0) is 19.1 Å². The van der Waals surface area contributed by atoms with Crippen LogP contribution >= 0.6 is 11.6 Å². The molecule has 0 aliphatic heterocycles. The molecular weight excluding hydrogens is 282 g/mol. The van der Waals surface area contributed by atoms with Crippen LogP contribution in [0.2, 0.25) is 5.15 Å². The number of nitrogens with zero attached hydrogens (tertiary/aromatic N) is 1. The largest absolute Gasteiger partial charge is 0.494 e. The van der Waals surface area contributed by atoms with Gasteiger partial charge in [0.15, 0.2) is 0 Å². The SMILES string of the molecule is COC(=O)/C(N)=C(/C=C(/C)N)c1cc(Cl)ncc1OC. The summed E-state index contributed by atoms with van der Waals surface area (Å²) in [6, 6.07) is 1.53. The van der Waals surface area contributed by atoms with E-state index in [-0.39, 0.29) is 10.9 Å². The summed E-state index contributed by atoms with van der Waals surface area (Å²) in [5, 5.41) is 0.235. The molecule has 0 saturated heterocycles. The van der Waals surface area contributed by atoms with Crippen molar-refractivity contribution >= 4 is 23.1 Å². The summed E-state index contributed by atoms with van der Waals surface area (Å²) in [5.74, 6) is -0.263. The van der Waals surface area contributed by atoms with Gasteiger partial charge in [-0.2, -0.15) is 0 Å². The van der Waals surface area contributed by atoms with Crippen LogP contribution in [0.4, 0.5) is 0 Å². The average Bonchev–Trinajstić information content (AvgIpc) is 2.42. The Morgan fingerprint density at radius 1 is 1.40 bits per heavy atom. The summed E-state index contributed by atoms with van der Waals surface area (Å²) in [6.45, 7) is 1.67. The zero-order valence-corrected chi connectivity index (χ0v) is 12.2. The number of carbonyl (C=O) groups is 1. The minimum atomic E-state index is -0.674. The number of hydrogen-bond acceptors (Lipinski definition) is 6. The normalized spacial score (nSPS) is 12.7. The fraction of sp³-hybridized carbons (Fsp3) is 0.231. The minimum absolute atomic E-state index is 0.0992. The summed E-state index contributed by atoms with van der Waals surface area (Å²) >= 11 is 5.87. The van der Waals surface area contributed by atoms with Crippen LogP contribution in [0.15, 0.2) is 29.7 Å². The number of ether oxygens (including phenoxy) is 2. The molecule has 0 spiro atoms. The Kier molecular flexibility index (Phi) is 5.40. The Bertz CT molecular complexity index is 578. The molecule has 1 aromatic heterocycles. The zero-order valence-electron chi connectivity index (χ0n) is 11.4. The van der Waals surface area contributed by atoms with Gasteiger partial charge >= 0.3 is 5.97 Å². The first-order valence-electron chi connectivity index (χ1n) is 5.62. The lowest BCUT2D eigenvalue weighted by Gasteiger charge is -2.12. The Labute approximate surface area is 122 Å². The first kappa shape index (κ1) is 15.8. The van der Waals surface area contributed by atoms with Gasteiger partial charge < -0.3 is 20.9 Å². The fourth-order valence-electron chi connectivity index (χ4n) is 1.54. The van der Waals surface area contributed by atoms with Crippen molar-refractivity contribution in [3.05, 3.63) is 40.4 Å². The second-order valence-corrected chi connectivity index (χ2v) is 4.30. The van der Waals surface area contributed by atoms with E-state index < -0.39 is 5.97 Å². The van der Waals surface area contributed by atoms with Gasteiger partial charge in [0.2, 0.25) is 0 Å². The highest BCUT2D eigenvalue weighted by atomic mass is 35.5. The fourth-order valence-corrected chi connectivity index (χ4v) is 1.70. The van der Waals surface area contributed by atoms with E-state index >= 15 is 0 Å². The van der Waals surface area contributed by atoms with Gasteiger partial charge in [0.1, 0.15) is 16.6 Å². The molecule has 4 N–H and O–H groups in total. The molecule has 7 heteroatoms. The number of carbonyl (C=O) groups excluding carboxylic acids is 1. The number of aromatic nitrogens is 1. The van der Waals surface area contributed by atoms with E-state index in [4.69, 9.17) is 27.8 Å². The first-order chi connectivity index (χ1) is 9.40. The molecule has 6 nitrogen and oxygen atoms in total. The monoisotopic (exact) mass is 297 g/mol. The van der Waals surface area contributed by atoms with Crippen LogP contribution in [0.3, 0.4) is 0 Å². The van der Waals surface area contributed by atoms with Crippen molar-refractivity contribution in [2.24, 2.45) is 11.5 Å². The highest BCUT2D eigenvalue weighted by Gasteiger charge is 2.17. The molecular formula is C13H16ClN3O3. The minimum Gasteiger partial charge on any atom is -0.494 e. The van der Waals surface area contributed by atoms with Crippen LogP contribution in [0.25, 0.3) is 5.57 Å². The van der Waals surface area contributed by atoms with Crippen molar-refractivity contribution in [1.82, 2.24) is 4.98 Å². The van der Waals surface area contributed by atoms with E-state index in [9.17, 15) is 4.79 Å². The molecule has 0 radical (unpaired) electrons. The maximum atomic E-state index is 11.6. The van der Waals surface area contributed by atoms with Gasteiger partial charge in [-0.3, -0.25) is 0 Å². The van der Waals surface area contributed by atoms with Gasteiger partial charge in [-0.15, -0.1) is 0 Å². The quantitative estimate of drug-likeness (QED) is 0.377. The number of nitrogens with two attached hydrogens (primary N) is 2. The van der Waals surface area contributed by atoms with E-state index in [0.717, 1.165) is 0 Å². The highest BCUT2D eigenvalue weighted by Crippen LogP contribution is 2.30. The average molecular weight is 298 g/mol. The van der Waals surface area contributed by atoms with E-state index in [1.54, 1.807) is 13.0 Å². The van der Waals surface area contributed by atoms with Crippen LogP contribution in [-0.2, 0) is 9.53 Å². The molecule has 0 unspecified atom stereocenters. The highest BCUT2D eigenvalue weighted by molar-refractivity contribution is 6.29. The standard InChI is InChI=1S/C13H16ClN3O3/c1-7(15)4-9(12(16)13(18)20-3)8-5-11(14)17-6-10(8)19-2/h4-6H,15-16H2,1-3H3/b7-4-,12-9+. The molecule has 0 aromatic carbocycles. The summed E-state index contributed by atoms with van der Waals surface area (Å²) < 4.78 is 9.81. The molecule has 0 amide bonds. The molecule has 1 heterocycles. The third kappa shape index (κ3) is 3.64. The Morgan fingerprint density at radius 2 is 2.05 bits per heavy atom. The third-order valence-corrected chi connectivity index (χ3v) is 2.62. The lowest BCUT2D eigenvalue weighted by Crippen LogP contribution is -2.15. The van der Waals surface area contributed by atoms with Gasteiger partial charge in [-0.1, -0.05) is 11.6 Å². The van der Waals surface area contributed by atoms with Crippen LogP contribution in [0.1, 0.15) is 12.5 Å². The smallest absolute Gasteiger partial charge is 0.354 e. The van der Waals surface area contributed by atoms with Crippen molar-refractivity contribution < 1.29 is 14.3 Å². The van der Waals surface area contributed by atoms with Gasteiger partial charge in [-0.25, -0.2) is 9.78 Å². The van der Waals surface area contributed by atoms with Gasteiger partial charge in [0.25, 0.3) is 0 Å². The molecule has 0 saturated carbocycles. The van der Waals surface area contributed by atoms with Gasteiger partial charge in [0.05, 0.1) is 20.4 Å². The predicted molar refractivity (Wildman–Crippen MR) is 76.9 cm³/mol. The van der Waals surface area contributed by atoms with E-state index in [1.807, 2.05) is 0 Å². The van der Waals surface area contributed by atoms with Crippen molar-refractivity contribution in [2.45, 2.75) is 6.92 Å². The van der Waals surface area contributed by atoms with Crippen LogP contribution in [0.5, 0.6) is 5.75 Å². The number of methoxy groups -OCH3 is 2. The Balaban J connectivity index is 3.58. The van der Waals surface area contributed by atoms with Crippen molar-refractivity contribution in [1.29, 1.82) is 0 Å². The first-order valence-corrected chi connectivity index (χ1v) is 6.00. The van der Waals surface area contributed by atoms with E-state index in [1.165, 1.54) is 26.5 Å². The summed E-state index contributed by atoms with van der Waals surface area (Å²) in [5.41, 5.74) is 12.7. The number of pyridine rings is 1. The number of esters is 1. The number of allylic oxidation sites excluding steroid dienone is 3. The van der Waals surface area contributed by atoms with Gasteiger partial charge in [0, 0.05) is 16.8 Å². The molecule has 1 rings (SSSR count). The molecule has 0 aliphatic carbocycles. The second-order valence-electron chi connectivity index (χ2n) is 3.91. The maximum absolute atomic E-state index is 11.6. The topological polar surface area (TPSA) is 100 Å². The van der Waals surface area contributed by atoms with Crippen molar-refractivity contribution in [2.75, 3.05) is 14.2 Å². The molecule has 108 valence electrons. The van der Waals surface area contributed by atoms with E-state index in [2.05, 4.69) is 9.72 Å². The van der Waals surface area contributed by atoms with Crippen LogP contribution < -0.4 is 16.2 Å². The number of halogens is 1. The van der Waals surface area contributed by atoms with Crippen LogP contribution in [-0.4, -0.2) is 25.2 Å².